The molecule has 1 aliphatic rings. The standard InChI is InChI=1S/C16H19N3O2/c20-16(21)13-4-1-3-12(9-13)10-19-8-2-5-14(11-19)15-6-7-17-18-15/h1,3-4,6-7,9,14H,2,5,8,10-11H2,(H,17,18)(H,20,21)/t14-/m1/s1. The Labute approximate surface area is 123 Å². The fraction of sp³-hybridized carbons (Fsp3) is 0.375. The summed E-state index contributed by atoms with van der Waals surface area (Å²) < 4.78 is 0. The van der Waals surface area contributed by atoms with Crippen LogP contribution < -0.4 is 0 Å². The number of rotatable bonds is 4. The number of hydrogen-bond acceptors (Lipinski definition) is 3. The second-order valence-electron chi connectivity index (χ2n) is 5.59. The van der Waals surface area contributed by atoms with Gasteiger partial charge in [0.15, 0.2) is 0 Å². The lowest BCUT2D eigenvalue weighted by atomic mass is 9.94. The molecular weight excluding hydrogens is 266 g/mol. The van der Waals surface area contributed by atoms with Gasteiger partial charge in [-0.15, -0.1) is 0 Å². The van der Waals surface area contributed by atoms with Crippen molar-refractivity contribution in [3.05, 3.63) is 53.3 Å². The smallest absolute Gasteiger partial charge is 0.335 e. The predicted octanol–water partition coefficient (Wildman–Crippen LogP) is 2.49. The van der Waals surface area contributed by atoms with Crippen LogP contribution in [0.2, 0.25) is 0 Å². The summed E-state index contributed by atoms with van der Waals surface area (Å²) in [5, 5.41) is 16.1. The van der Waals surface area contributed by atoms with Gasteiger partial charge in [-0.25, -0.2) is 4.79 Å². The van der Waals surface area contributed by atoms with Gasteiger partial charge in [-0.2, -0.15) is 5.10 Å². The second kappa shape index (κ2) is 6.10. The molecule has 5 heteroatoms. The predicted molar refractivity (Wildman–Crippen MR) is 79.2 cm³/mol. The fourth-order valence-electron chi connectivity index (χ4n) is 3.01. The summed E-state index contributed by atoms with van der Waals surface area (Å²) in [6.07, 6.45) is 4.13. The largest absolute Gasteiger partial charge is 0.478 e. The first-order valence-corrected chi connectivity index (χ1v) is 7.26. The summed E-state index contributed by atoms with van der Waals surface area (Å²) in [4.78, 5) is 13.4. The van der Waals surface area contributed by atoms with Gasteiger partial charge in [-0.1, -0.05) is 12.1 Å². The highest BCUT2D eigenvalue weighted by atomic mass is 16.4. The van der Waals surface area contributed by atoms with Crippen LogP contribution in [-0.4, -0.2) is 39.3 Å². The number of aromatic carboxylic acids is 1. The molecule has 0 saturated carbocycles. The molecule has 0 radical (unpaired) electrons. The zero-order chi connectivity index (χ0) is 14.7. The van der Waals surface area contributed by atoms with Gasteiger partial charge in [0, 0.05) is 30.9 Å². The third-order valence-corrected chi connectivity index (χ3v) is 4.05. The molecule has 0 bridgehead atoms. The topological polar surface area (TPSA) is 69.2 Å². The van der Waals surface area contributed by atoms with Crippen LogP contribution in [-0.2, 0) is 6.54 Å². The Morgan fingerprint density at radius 2 is 2.33 bits per heavy atom. The molecular formula is C16H19N3O2. The van der Waals surface area contributed by atoms with Gasteiger partial charge in [0.05, 0.1) is 5.56 Å². The zero-order valence-electron chi connectivity index (χ0n) is 11.8. The lowest BCUT2D eigenvalue weighted by Gasteiger charge is -2.32. The Bertz CT molecular complexity index is 610. The minimum atomic E-state index is -0.870. The molecule has 110 valence electrons. The van der Waals surface area contributed by atoms with Gasteiger partial charge in [-0.05, 0) is 43.1 Å². The number of aromatic nitrogens is 2. The Balaban J connectivity index is 1.67. The molecule has 3 rings (SSSR count). The molecule has 0 unspecified atom stereocenters. The Morgan fingerprint density at radius 3 is 3.10 bits per heavy atom. The molecule has 1 aromatic heterocycles. The maximum absolute atomic E-state index is 11.0. The molecule has 1 aromatic carbocycles. The van der Waals surface area contributed by atoms with Crippen LogP contribution in [0.3, 0.4) is 0 Å². The maximum Gasteiger partial charge on any atom is 0.335 e. The minimum absolute atomic E-state index is 0.356. The highest BCUT2D eigenvalue weighted by Gasteiger charge is 2.22. The van der Waals surface area contributed by atoms with E-state index in [4.69, 9.17) is 5.11 Å². The zero-order valence-corrected chi connectivity index (χ0v) is 11.8. The molecule has 5 nitrogen and oxygen atoms in total. The molecule has 2 N–H and O–H groups in total. The number of carboxylic acids is 1. The summed E-state index contributed by atoms with van der Waals surface area (Å²) in [7, 11) is 0. The van der Waals surface area contributed by atoms with Crippen molar-refractivity contribution in [2.75, 3.05) is 13.1 Å². The number of likely N-dealkylation sites (tertiary alicyclic amines) is 1. The summed E-state index contributed by atoms with van der Waals surface area (Å²) >= 11 is 0. The second-order valence-corrected chi connectivity index (χ2v) is 5.59. The molecule has 21 heavy (non-hydrogen) atoms. The highest BCUT2D eigenvalue weighted by Crippen LogP contribution is 2.26. The molecule has 2 heterocycles. The number of piperidine rings is 1. The molecule has 1 fully saturated rings. The van der Waals surface area contributed by atoms with Gasteiger partial charge in [0.2, 0.25) is 0 Å². The van der Waals surface area contributed by atoms with E-state index in [1.807, 2.05) is 18.2 Å². The quantitative estimate of drug-likeness (QED) is 0.905. The highest BCUT2D eigenvalue weighted by molar-refractivity contribution is 5.87. The lowest BCUT2D eigenvalue weighted by Crippen LogP contribution is -2.34. The Morgan fingerprint density at radius 1 is 1.43 bits per heavy atom. The summed E-state index contributed by atoms with van der Waals surface area (Å²) in [6.45, 7) is 2.84. The number of H-pyrrole nitrogens is 1. The van der Waals surface area contributed by atoms with Crippen LogP contribution in [0.25, 0.3) is 0 Å². The van der Waals surface area contributed by atoms with E-state index >= 15 is 0 Å². The number of hydrogen-bond donors (Lipinski definition) is 2. The van der Waals surface area contributed by atoms with E-state index in [-0.39, 0.29) is 0 Å². The summed E-state index contributed by atoms with van der Waals surface area (Å²) in [5.41, 5.74) is 2.61. The van der Waals surface area contributed by atoms with Gasteiger partial charge >= 0.3 is 5.97 Å². The van der Waals surface area contributed by atoms with E-state index in [1.54, 1.807) is 18.3 Å². The number of nitrogens with zero attached hydrogens (tertiary/aromatic N) is 2. The molecule has 1 atom stereocenters. The van der Waals surface area contributed by atoms with Crippen LogP contribution in [0.4, 0.5) is 0 Å². The van der Waals surface area contributed by atoms with E-state index in [0.717, 1.165) is 31.6 Å². The van der Waals surface area contributed by atoms with Crippen LogP contribution in [0.15, 0.2) is 36.5 Å². The fourth-order valence-corrected chi connectivity index (χ4v) is 3.01. The van der Waals surface area contributed by atoms with Gasteiger partial charge in [0.25, 0.3) is 0 Å². The average Bonchev–Trinajstić information content (AvgIpc) is 3.02. The van der Waals surface area contributed by atoms with Gasteiger partial charge < -0.3 is 5.11 Å². The van der Waals surface area contributed by atoms with E-state index < -0.39 is 5.97 Å². The molecule has 0 aliphatic carbocycles. The summed E-state index contributed by atoms with van der Waals surface area (Å²) in [6, 6.07) is 9.25. The van der Waals surface area contributed by atoms with E-state index in [9.17, 15) is 4.79 Å². The SMILES string of the molecule is O=C(O)c1cccc(CN2CCC[C@@H](c3ccn[nH]3)C2)c1. The molecule has 1 saturated heterocycles. The number of aromatic amines is 1. The van der Waals surface area contributed by atoms with E-state index in [0.29, 0.717) is 11.5 Å². The molecule has 2 aromatic rings. The Hall–Kier alpha value is -2.14. The average molecular weight is 285 g/mol. The van der Waals surface area contributed by atoms with Crippen molar-refractivity contribution in [1.82, 2.24) is 15.1 Å². The minimum Gasteiger partial charge on any atom is -0.478 e. The first kappa shape index (κ1) is 13.8. The maximum atomic E-state index is 11.0. The number of benzene rings is 1. The van der Waals surface area contributed by atoms with Crippen molar-refractivity contribution in [3.63, 3.8) is 0 Å². The van der Waals surface area contributed by atoms with E-state index in [1.165, 1.54) is 12.1 Å². The van der Waals surface area contributed by atoms with Crippen molar-refractivity contribution in [2.45, 2.75) is 25.3 Å². The van der Waals surface area contributed by atoms with Crippen LogP contribution in [0, 0.1) is 0 Å². The van der Waals surface area contributed by atoms with Crippen LogP contribution >= 0.6 is 0 Å². The van der Waals surface area contributed by atoms with Crippen molar-refractivity contribution in [2.24, 2.45) is 0 Å². The number of carboxylic acid groups (broad SMARTS) is 1. The third-order valence-electron chi connectivity index (χ3n) is 4.05. The molecule has 0 spiro atoms. The van der Waals surface area contributed by atoms with Crippen molar-refractivity contribution >= 4 is 5.97 Å². The van der Waals surface area contributed by atoms with Crippen molar-refractivity contribution in [3.8, 4) is 0 Å². The van der Waals surface area contributed by atoms with Crippen LogP contribution in [0.5, 0.6) is 0 Å². The van der Waals surface area contributed by atoms with Crippen molar-refractivity contribution < 1.29 is 9.90 Å². The lowest BCUT2D eigenvalue weighted by molar-refractivity contribution is 0.0696. The first-order valence-electron chi connectivity index (χ1n) is 7.26. The van der Waals surface area contributed by atoms with Gasteiger partial charge in [0.1, 0.15) is 0 Å². The number of nitrogens with one attached hydrogen (secondary N) is 1. The first-order chi connectivity index (χ1) is 10.2. The summed E-state index contributed by atoms with van der Waals surface area (Å²) in [5.74, 6) is -0.380. The van der Waals surface area contributed by atoms with Crippen molar-refractivity contribution in [1.29, 1.82) is 0 Å². The number of carbonyl (C=O) groups is 1. The van der Waals surface area contributed by atoms with E-state index in [2.05, 4.69) is 15.1 Å². The normalized spacial score (nSPS) is 19.5. The molecule has 0 amide bonds. The molecule has 1 aliphatic heterocycles. The van der Waals surface area contributed by atoms with Crippen LogP contribution in [0.1, 0.15) is 40.4 Å². The monoisotopic (exact) mass is 285 g/mol. The van der Waals surface area contributed by atoms with Gasteiger partial charge in [-0.3, -0.25) is 10.00 Å². The third kappa shape index (κ3) is 3.31. The Kier molecular flexibility index (Phi) is 4.01.